The van der Waals surface area contributed by atoms with Crippen LogP contribution in [0.15, 0.2) is 0 Å². The molecule has 56 valence electrons. The van der Waals surface area contributed by atoms with Crippen molar-refractivity contribution >= 4 is 12.4 Å². The number of halogens is 1. The van der Waals surface area contributed by atoms with Gasteiger partial charge < -0.3 is 5.32 Å². The maximum atomic E-state index is 3.34. The first-order valence-electron chi connectivity index (χ1n) is 3.46. The van der Waals surface area contributed by atoms with E-state index in [1.165, 1.54) is 25.7 Å². The zero-order chi connectivity index (χ0) is 6.04. The molecular weight excluding hydrogens is 134 g/mol. The minimum Gasteiger partial charge on any atom is -0.315 e. The Kier molecular flexibility index (Phi) is 3.52. The van der Waals surface area contributed by atoms with E-state index < -0.39 is 0 Å². The second-order valence-electron chi connectivity index (χ2n) is 3.02. The molecule has 9 heavy (non-hydrogen) atoms. The van der Waals surface area contributed by atoms with E-state index >= 15 is 0 Å². The summed E-state index contributed by atoms with van der Waals surface area (Å²) < 4.78 is 0. The van der Waals surface area contributed by atoms with Gasteiger partial charge in [0.25, 0.3) is 0 Å². The van der Waals surface area contributed by atoms with E-state index in [1.54, 1.807) is 0 Å². The molecule has 0 amide bonds. The lowest BCUT2D eigenvalue weighted by Crippen LogP contribution is -2.35. The molecule has 1 saturated carbocycles. The molecule has 0 heterocycles. The van der Waals surface area contributed by atoms with Crippen molar-refractivity contribution in [3.05, 3.63) is 0 Å². The summed E-state index contributed by atoms with van der Waals surface area (Å²) in [4.78, 5) is 0. The Hall–Kier alpha value is 0.250. The molecule has 0 aromatic carbocycles. The Morgan fingerprint density at radius 1 is 1.22 bits per heavy atom. The summed E-state index contributed by atoms with van der Waals surface area (Å²) in [5, 5.41) is 3.34. The first kappa shape index (κ1) is 9.25. The van der Waals surface area contributed by atoms with Crippen molar-refractivity contribution in [2.75, 3.05) is 7.05 Å². The first-order valence-corrected chi connectivity index (χ1v) is 3.46. The standard InChI is InChI=1S/C7H15N.ClH/c1-7(8-2)5-3-4-6-7;/h8H,3-6H2,1-2H3;1H. The molecule has 0 aromatic heterocycles. The van der Waals surface area contributed by atoms with Crippen LogP contribution < -0.4 is 5.32 Å². The fourth-order valence-corrected chi connectivity index (χ4v) is 1.41. The van der Waals surface area contributed by atoms with Crippen LogP contribution in [0, 0.1) is 0 Å². The predicted octanol–water partition coefficient (Wildman–Crippen LogP) is 1.96. The molecule has 0 spiro atoms. The Labute approximate surface area is 63.6 Å². The van der Waals surface area contributed by atoms with Crippen LogP contribution in [0.1, 0.15) is 32.6 Å². The summed E-state index contributed by atoms with van der Waals surface area (Å²) in [5.74, 6) is 0. The Morgan fingerprint density at radius 3 is 1.89 bits per heavy atom. The van der Waals surface area contributed by atoms with Crippen LogP contribution in [0.5, 0.6) is 0 Å². The summed E-state index contributed by atoms with van der Waals surface area (Å²) in [5.41, 5.74) is 0.486. The largest absolute Gasteiger partial charge is 0.315 e. The lowest BCUT2D eigenvalue weighted by Gasteiger charge is -2.21. The number of hydrogen-bond donors (Lipinski definition) is 1. The molecule has 1 N–H and O–H groups in total. The van der Waals surface area contributed by atoms with E-state index in [-0.39, 0.29) is 12.4 Å². The summed E-state index contributed by atoms with van der Waals surface area (Å²) in [6.07, 6.45) is 5.56. The van der Waals surface area contributed by atoms with Crippen molar-refractivity contribution < 1.29 is 0 Å². The molecule has 0 radical (unpaired) electrons. The highest BCUT2D eigenvalue weighted by atomic mass is 35.5. The molecule has 1 rings (SSSR count). The number of nitrogens with one attached hydrogen (secondary N) is 1. The first-order chi connectivity index (χ1) is 3.77. The van der Waals surface area contributed by atoms with Crippen molar-refractivity contribution in [1.29, 1.82) is 0 Å². The highest BCUT2D eigenvalue weighted by Crippen LogP contribution is 2.27. The highest BCUT2D eigenvalue weighted by Gasteiger charge is 2.25. The second-order valence-corrected chi connectivity index (χ2v) is 3.02. The molecule has 1 nitrogen and oxygen atoms in total. The van der Waals surface area contributed by atoms with Crippen molar-refractivity contribution in [2.45, 2.75) is 38.1 Å². The molecular formula is C7H16ClN. The van der Waals surface area contributed by atoms with Crippen LogP contribution in [-0.2, 0) is 0 Å². The Balaban J connectivity index is 0.000000640. The molecule has 0 saturated heterocycles. The van der Waals surface area contributed by atoms with Crippen LogP contribution in [0.4, 0.5) is 0 Å². The molecule has 1 fully saturated rings. The fourth-order valence-electron chi connectivity index (χ4n) is 1.41. The third-order valence-electron chi connectivity index (χ3n) is 2.31. The van der Waals surface area contributed by atoms with Crippen LogP contribution in [0.25, 0.3) is 0 Å². The van der Waals surface area contributed by atoms with Gasteiger partial charge in [-0.05, 0) is 26.8 Å². The van der Waals surface area contributed by atoms with Crippen molar-refractivity contribution in [3.63, 3.8) is 0 Å². The molecule has 0 unspecified atom stereocenters. The van der Waals surface area contributed by atoms with Crippen LogP contribution in [0.2, 0.25) is 0 Å². The Bertz CT molecular complexity index is 77.0. The van der Waals surface area contributed by atoms with Gasteiger partial charge in [0.2, 0.25) is 0 Å². The molecule has 0 bridgehead atoms. The van der Waals surface area contributed by atoms with Gasteiger partial charge >= 0.3 is 0 Å². The maximum absolute atomic E-state index is 3.34. The van der Waals surface area contributed by atoms with Crippen LogP contribution >= 0.6 is 12.4 Å². The van der Waals surface area contributed by atoms with E-state index in [4.69, 9.17) is 0 Å². The van der Waals surface area contributed by atoms with Crippen LogP contribution in [-0.4, -0.2) is 12.6 Å². The van der Waals surface area contributed by atoms with Gasteiger partial charge in [-0.1, -0.05) is 12.8 Å². The Morgan fingerprint density at radius 2 is 1.67 bits per heavy atom. The molecule has 0 aliphatic heterocycles. The number of rotatable bonds is 1. The lowest BCUT2D eigenvalue weighted by molar-refractivity contribution is 0.398. The van der Waals surface area contributed by atoms with Gasteiger partial charge in [0.1, 0.15) is 0 Å². The minimum absolute atomic E-state index is 0. The number of hydrogen-bond acceptors (Lipinski definition) is 1. The summed E-state index contributed by atoms with van der Waals surface area (Å²) in [6.45, 7) is 2.31. The van der Waals surface area contributed by atoms with E-state index in [2.05, 4.69) is 19.3 Å². The zero-order valence-corrected chi connectivity index (χ0v) is 7.05. The van der Waals surface area contributed by atoms with E-state index in [9.17, 15) is 0 Å². The quantitative estimate of drug-likeness (QED) is 0.601. The van der Waals surface area contributed by atoms with Crippen molar-refractivity contribution in [1.82, 2.24) is 5.32 Å². The van der Waals surface area contributed by atoms with Gasteiger partial charge in [0.05, 0.1) is 0 Å². The second kappa shape index (κ2) is 3.43. The maximum Gasteiger partial charge on any atom is 0.0150 e. The third kappa shape index (κ3) is 2.15. The topological polar surface area (TPSA) is 12.0 Å². The monoisotopic (exact) mass is 149 g/mol. The zero-order valence-electron chi connectivity index (χ0n) is 6.24. The van der Waals surface area contributed by atoms with E-state index in [1.807, 2.05) is 0 Å². The molecule has 0 aromatic rings. The van der Waals surface area contributed by atoms with Gasteiger partial charge in [0, 0.05) is 5.54 Å². The highest BCUT2D eigenvalue weighted by molar-refractivity contribution is 5.85. The van der Waals surface area contributed by atoms with Gasteiger partial charge in [-0.2, -0.15) is 0 Å². The normalized spacial score (nSPS) is 23.3. The van der Waals surface area contributed by atoms with Crippen LogP contribution in [0.3, 0.4) is 0 Å². The van der Waals surface area contributed by atoms with E-state index in [0.717, 1.165) is 0 Å². The minimum atomic E-state index is 0. The van der Waals surface area contributed by atoms with Gasteiger partial charge in [-0.25, -0.2) is 0 Å². The SMILES string of the molecule is CNC1(C)CCCC1.Cl. The lowest BCUT2D eigenvalue weighted by atomic mass is 10.0. The van der Waals surface area contributed by atoms with E-state index in [0.29, 0.717) is 5.54 Å². The van der Waals surface area contributed by atoms with Gasteiger partial charge in [-0.3, -0.25) is 0 Å². The third-order valence-corrected chi connectivity index (χ3v) is 2.31. The molecule has 2 heteroatoms. The average Bonchev–Trinajstić information content (AvgIpc) is 2.17. The summed E-state index contributed by atoms with van der Waals surface area (Å²) >= 11 is 0. The fraction of sp³-hybridized carbons (Fsp3) is 1.00. The van der Waals surface area contributed by atoms with Crippen molar-refractivity contribution in [3.8, 4) is 0 Å². The summed E-state index contributed by atoms with van der Waals surface area (Å²) in [7, 11) is 2.06. The predicted molar refractivity (Wildman–Crippen MR) is 43.2 cm³/mol. The van der Waals surface area contributed by atoms with Crippen molar-refractivity contribution in [2.24, 2.45) is 0 Å². The molecule has 0 atom stereocenters. The molecule has 1 aliphatic carbocycles. The average molecular weight is 150 g/mol. The van der Waals surface area contributed by atoms with Gasteiger partial charge in [0.15, 0.2) is 0 Å². The van der Waals surface area contributed by atoms with Gasteiger partial charge in [-0.15, -0.1) is 12.4 Å². The smallest absolute Gasteiger partial charge is 0.0150 e. The summed E-state index contributed by atoms with van der Waals surface area (Å²) in [6, 6.07) is 0. The molecule has 1 aliphatic rings.